The first-order valence-electron chi connectivity index (χ1n) is 10.2. The fraction of sp³-hybridized carbons (Fsp3) is 0.391. The molecule has 1 aliphatic rings. The summed E-state index contributed by atoms with van der Waals surface area (Å²) in [5.41, 5.74) is 8.75. The number of nitrogens with zero attached hydrogens (tertiary/aromatic N) is 2. The zero-order valence-corrected chi connectivity index (χ0v) is 18.4. The molecule has 1 saturated heterocycles. The van der Waals surface area contributed by atoms with Crippen molar-refractivity contribution < 1.29 is 9.59 Å². The van der Waals surface area contributed by atoms with Crippen molar-refractivity contribution in [2.45, 2.75) is 25.8 Å². The molecule has 0 saturated carbocycles. The van der Waals surface area contributed by atoms with Crippen LogP contribution in [-0.2, 0) is 4.79 Å². The molecule has 6 nitrogen and oxygen atoms in total. The highest BCUT2D eigenvalue weighted by molar-refractivity contribution is 5.97. The molecule has 0 radical (unpaired) electrons. The third-order valence-corrected chi connectivity index (χ3v) is 5.48. The molecular formula is C23H31ClN4O2. The fourth-order valence-electron chi connectivity index (χ4n) is 3.92. The lowest BCUT2D eigenvalue weighted by Gasteiger charge is -2.19. The van der Waals surface area contributed by atoms with Gasteiger partial charge < -0.3 is 16.0 Å². The van der Waals surface area contributed by atoms with Crippen LogP contribution < -0.4 is 11.1 Å². The number of rotatable bonds is 7. The van der Waals surface area contributed by atoms with E-state index in [0.717, 1.165) is 6.54 Å². The number of hydrogen-bond donors (Lipinski definition) is 2. The normalized spacial score (nSPS) is 18.5. The molecule has 3 N–H and O–H groups in total. The summed E-state index contributed by atoms with van der Waals surface area (Å²) in [6.07, 6.45) is 0. The van der Waals surface area contributed by atoms with Crippen LogP contribution in [0, 0.1) is 0 Å². The van der Waals surface area contributed by atoms with Crippen LogP contribution in [0.3, 0.4) is 0 Å². The first-order valence-corrected chi connectivity index (χ1v) is 10.2. The van der Waals surface area contributed by atoms with E-state index in [4.69, 9.17) is 5.73 Å². The van der Waals surface area contributed by atoms with Gasteiger partial charge in [-0.2, -0.15) is 0 Å². The van der Waals surface area contributed by atoms with E-state index in [2.05, 4.69) is 22.3 Å². The van der Waals surface area contributed by atoms with Gasteiger partial charge in [-0.15, -0.1) is 12.4 Å². The van der Waals surface area contributed by atoms with Gasteiger partial charge in [0.25, 0.3) is 5.91 Å². The summed E-state index contributed by atoms with van der Waals surface area (Å²) in [5.74, 6) is 0.111. The molecule has 1 heterocycles. The van der Waals surface area contributed by atoms with E-state index in [1.54, 1.807) is 29.2 Å². The van der Waals surface area contributed by atoms with Gasteiger partial charge in [0, 0.05) is 49.4 Å². The van der Waals surface area contributed by atoms with Gasteiger partial charge in [0.2, 0.25) is 5.91 Å². The van der Waals surface area contributed by atoms with E-state index in [1.807, 2.05) is 32.0 Å². The largest absolute Gasteiger partial charge is 0.339 e. The highest BCUT2D eigenvalue weighted by Crippen LogP contribution is 2.26. The minimum absolute atomic E-state index is 0. The number of halogens is 1. The van der Waals surface area contributed by atoms with Crippen molar-refractivity contribution in [3.63, 3.8) is 0 Å². The summed E-state index contributed by atoms with van der Waals surface area (Å²) in [6.45, 7) is 6.96. The van der Waals surface area contributed by atoms with Crippen LogP contribution in [0.1, 0.15) is 35.7 Å². The van der Waals surface area contributed by atoms with Crippen molar-refractivity contribution in [2.24, 2.45) is 5.73 Å². The Kier molecular flexibility index (Phi) is 8.84. The molecule has 2 amide bonds. The summed E-state index contributed by atoms with van der Waals surface area (Å²) in [5, 5.41) is 2.92. The molecule has 3 rings (SSSR count). The zero-order valence-electron chi connectivity index (χ0n) is 17.6. The average molecular weight is 431 g/mol. The minimum Gasteiger partial charge on any atom is -0.339 e. The highest BCUT2D eigenvalue weighted by atomic mass is 35.5. The lowest BCUT2D eigenvalue weighted by Crippen LogP contribution is -2.34. The second kappa shape index (κ2) is 11.1. The van der Waals surface area contributed by atoms with E-state index in [0.29, 0.717) is 30.9 Å². The smallest absolute Gasteiger partial charge is 0.253 e. The van der Waals surface area contributed by atoms with Gasteiger partial charge in [0.05, 0.1) is 6.54 Å². The lowest BCUT2D eigenvalue weighted by molar-refractivity contribution is -0.117. The quantitative estimate of drug-likeness (QED) is 0.707. The Morgan fingerprint density at radius 1 is 1.07 bits per heavy atom. The van der Waals surface area contributed by atoms with Crippen molar-refractivity contribution in [1.29, 1.82) is 0 Å². The number of likely N-dealkylation sites (tertiary alicyclic amines) is 1. The average Bonchev–Trinajstić information content (AvgIpc) is 3.09. The molecule has 2 aromatic rings. The van der Waals surface area contributed by atoms with Crippen LogP contribution in [0.5, 0.6) is 0 Å². The van der Waals surface area contributed by atoms with Crippen molar-refractivity contribution in [3.05, 3.63) is 65.7 Å². The van der Waals surface area contributed by atoms with E-state index in [1.165, 1.54) is 5.56 Å². The molecule has 0 unspecified atom stereocenters. The third-order valence-electron chi connectivity index (χ3n) is 5.48. The second-order valence-electron chi connectivity index (χ2n) is 7.48. The van der Waals surface area contributed by atoms with Crippen LogP contribution in [0.2, 0.25) is 0 Å². The maximum atomic E-state index is 12.6. The van der Waals surface area contributed by atoms with Crippen LogP contribution in [-0.4, -0.2) is 60.4 Å². The predicted octanol–water partition coefficient (Wildman–Crippen LogP) is 2.96. The number of carbonyl (C=O) groups excluding carboxylic acids is 2. The van der Waals surface area contributed by atoms with Crippen LogP contribution in [0.25, 0.3) is 0 Å². The summed E-state index contributed by atoms with van der Waals surface area (Å²) < 4.78 is 0. The van der Waals surface area contributed by atoms with Gasteiger partial charge in [0.1, 0.15) is 0 Å². The van der Waals surface area contributed by atoms with Crippen LogP contribution in [0.4, 0.5) is 5.69 Å². The Morgan fingerprint density at radius 2 is 1.77 bits per heavy atom. The number of nitrogens with one attached hydrogen (secondary N) is 1. The predicted molar refractivity (Wildman–Crippen MR) is 123 cm³/mol. The summed E-state index contributed by atoms with van der Waals surface area (Å²) in [6, 6.07) is 17.3. The SMILES string of the molecule is CCN(CC)C(=O)c1cccc(NC(=O)CN2C[C@@H](N)[C@H](c3ccccc3)C2)c1.Cl. The first-order chi connectivity index (χ1) is 14.0. The fourth-order valence-corrected chi connectivity index (χ4v) is 3.92. The third kappa shape index (κ3) is 5.81. The molecule has 2 aromatic carbocycles. The van der Waals surface area contributed by atoms with Gasteiger partial charge in [-0.05, 0) is 37.6 Å². The molecule has 1 fully saturated rings. The van der Waals surface area contributed by atoms with E-state index < -0.39 is 0 Å². The second-order valence-corrected chi connectivity index (χ2v) is 7.48. The van der Waals surface area contributed by atoms with Crippen LogP contribution in [0.15, 0.2) is 54.6 Å². The molecule has 0 spiro atoms. The number of anilines is 1. The molecule has 2 atom stereocenters. The van der Waals surface area contributed by atoms with Crippen molar-refractivity contribution in [1.82, 2.24) is 9.80 Å². The van der Waals surface area contributed by atoms with Gasteiger partial charge in [-0.25, -0.2) is 0 Å². The lowest BCUT2D eigenvalue weighted by atomic mass is 9.95. The Hall–Kier alpha value is -2.41. The zero-order chi connectivity index (χ0) is 20.8. The number of hydrogen-bond acceptors (Lipinski definition) is 4. The maximum Gasteiger partial charge on any atom is 0.253 e. The Balaban J connectivity index is 0.00000320. The molecule has 1 aliphatic heterocycles. The molecule has 0 bridgehead atoms. The van der Waals surface area contributed by atoms with Crippen molar-refractivity contribution >= 4 is 29.9 Å². The number of carbonyl (C=O) groups is 2. The minimum atomic E-state index is -0.0988. The van der Waals surface area contributed by atoms with Crippen LogP contribution >= 0.6 is 12.4 Å². The Labute approximate surface area is 184 Å². The summed E-state index contributed by atoms with van der Waals surface area (Å²) in [7, 11) is 0. The van der Waals surface area contributed by atoms with Gasteiger partial charge in [-0.3, -0.25) is 14.5 Å². The molecular weight excluding hydrogens is 400 g/mol. The Bertz CT molecular complexity index is 842. The molecule has 30 heavy (non-hydrogen) atoms. The summed E-state index contributed by atoms with van der Waals surface area (Å²) in [4.78, 5) is 28.9. The molecule has 0 aliphatic carbocycles. The molecule has 162 valence electrons. The van der Waals surface area contributed by atoms with E-state index >= 15 is 0 Å². The topological polar surface area (TPSA) is 78.7 Å². The van der Waals surface area contributed by atoms with E-state index in [9.17, 15) is 9.59 Å². The van der Waals surface area contributed by atoms with Gasteiger partial charge >= 0.3 is 0 Å². The molecule has 7 heteroatoms. The van der Waals surface area contributed by atoms with Crippen molar-refractivity contribution in [2.75, 3.05) is 38.0 Å². The summed E-state index contributed by atoms with van der Waals surface area (Å²) >= 11 is 0. The number of nitrogens with two attached hydrogens (primary N) is 1. The first kappa shape index (κ1) is 23.9. The van der Waals surface area contributed by atoms with Crippen molar-refractivity contribution in [3.8, 4) is 0 Å². The monoisotopic (exact) mass is 430 g/mol. The Morgan fingerprint density at radius 3 is 2.43 bits per heavy atom. The number of amides is 2. The highest BCUT2D eigenvalue weighted by Gasteiger charge is 2.32. The van der Waals surface area contributed by atoms with E-state index in [-0.39, 0.29) is 42.7 Å². The van der Waals surface area contributed by atoms with Gasteiger partial charge in [-0.1, -0.05) is 36.4 Å². The number of benzene rings is 2. The standard InChI is InChI=1S/C23H30N4O2.ClH/c1-3-27(4-2)23(29)18-11-8-12-19(13-18)25-22(28)16-26-14-20(21(24)15-26)17-9-6-5-7-10-17;/h5-13,20-21H,3-4,14-16,24H2,1-2H3,(H,25,28);1H/t20-,21+;/m0./s1. The van der Waals surface area contributed by atoms with Gasteiger partial charge in [0.15, 0.2) is 0 Å². The maximum absolute atomic E-state index is 12.6. The molecule has 0 aromatic heterocycles.